The second-order valence-electron chi connectivity index (χ2n) is 5.54. The highest BCUT2D eigenvalue weighted by atomic mass is 35.5. The van der Waals surface area contributed by atoms with Gasteiger partial charge in [-0.2, -0.15) is 5.26 Å². The molecule has 0 saturated heterocycles. The summed E-state index contributed by atoms with van der Waals surface area (Å²) in [5.41, 5.74) is 3.43. The van der Waals surface area contributed by atoms with Crippen LogP contribution in [0.15, 0.2) is 48.5 Å². The number of hydrogen-bond donors (Lipinski definition) is 1. The zero-order valence-corrected chi connectivity index (χ0v) is 12.5. The summed E-state index contributed by atoms with van der Waals surface area (Å²) in [4.78, 5) is 0. The fourth-order valence-corrected chi connectivity index (χ4v) is 2.69. The highest BCUT2D eigenvalue weighted by Crippen LogP contribution is 2.43. The van der Waals surface area contributed by atoms with Crippen LogP contribution in [0.5, 0.6) is 0 Å². The van der Waals surface area contributed by atoms with Crippen molar-refractivity contribution in [1.82, 2.24) is 0 Å². The fraction of sp³-hybridized carbons (Fsp3) is 0.278. The molecular weight excluding hydrogens is 280 g/mol. The van der Waals surface area contributed by atoms with Crippen molar-refractivity contribution in [1.29, 1.82) is 5.26 Å². The quantitative estimate of drug-likeness (QED) is 0.845. The Kier molecular flexibility index (Phi) is 4.13. The van der Waals surface area contributed by atoms with Gasteiger partial charge in [0.25, 0.3) is 0 Å². The van der Waals surface area contributed by atoms with Crippen LogP contribution in [0.2, 0.25) is 5.02 Å². The Labute approximate surface area is 130 Å². The number of anilines is 1. The molecule has 1 aliphatic rings. The zero-order valence-electron chi connectivity index (χ0n) is 11.7. The van der Waals surface area contributed by atoms with Crippen molar-refractivity contribution in [3.8, 4) is 6.07 Å². The molecule has 3 rings (SSSR count). The maximum atomic E-state index is 8.71. The molecule has 106 valence electrons. The summed E-state index contributed by atoms with van der Waals surface area (Å²) in [6.07, 6.45) is 3.00. The van der Waals surface area contributed by atoms with E-state index in [1.807, 2.05) is 24.3 Å². The van der Waals surface area contributed by atoms with Crippen molar-refractivity contribution in [2.75, 3.05) is 5.32 Å². The molecule has 1 fully saturated rings. The van der Waals surface area contributed by atoms with Gasteiger partial charge in [0.2, 0.25) is 0 Å². The van der Waals surface area contributed by atoms with E-state index in [9.17, 15) is 0 Å². The molecule has 1 N–H and O–H groups in total. The van der Waals surface area contributed by atoms with E-state index in [1.54, 1.807) is 0 Å². The average molecular weight is 297 g/mol. The number of halogens is 1. The Hall–Kier alpha value is -1.98. The van der Waals surface area contributed by atoms with Gasteiger partial charge < -0.3 is 5.32 Å². The number of nitriles is 1. The third kappa shape index (κ3) is 3.56. The van der Waals surface area contributed by atoms with Crippen molar-refractivity contribution >= 4 is 17.3 Å². The van der Waals surface area contributed by atoms with Crippen molar-refractivity contribution < 1.29 is 0 Å². The van der Waals surface area contributed by atoms with Crippen molar-refractivity contribution in [2.45, 2.75) is 25.3 Å². The summed E-state index contributed by atoms with van der Waals surface area (Å²) in [5, 5.41) is 13.1. The molecule has 0 bridgehead atoms. The third-order valence-electron chi connectivity index (χ3n) is 3.88. The van der Waals surface area contributed by atoms with Gasteiger partial charge in [-0.1, -0.05) is 35.9 Å². The topological polar surface area (TPSA) is 35.8 Å². The lowest BCUT2D eigenvalue weighted by atomic mass is 10.0. The lowest BCUT2D eigenvalue weighted by Crippen LogP contribution is -2.12. The first-order chi connectivity index (χ1) is 10.3. The van der Waals surface area contributed by atoms with Crippen LogP contribution in [-0.2, 0) is 6.42 Å². The van der Waals surface area contributed by atoms with E-state index in [1.165, 1.54) is 18.4 Å². The van der Waals surface area contributed by atoms with E-state index in [2.05, 4.69) is 35.7 Å². The summed E-state index contributed by atoms with van der Waals surface area (Å²) < 4.78 is 0. The maximum absolute atomic E-state index is 8.71. The molecule has 1 atom stereocenters. The van der Waals surface area contributed by atoms with Crippen LogP contribution in [-0.4, -0.2) is 0 Å². The molecule has 0 spiro atoms. The molecule has 0 heterocycles. The standard InChI is InChI=1S/C18H17ClN2/c19-16-7-5-15(6-8-16)18(14-3-4-14)21-17-9-1-13(2-10-17)11-12-20/h1-2,5-10,14,18,21H,3-4,11H2. The minimum Gasteiger partial charge on any atom is -0.378 e. The third-order valence-corrected chi connectivity index (χ3v) is 4.13. The van der Waals surface area contributed by atoms with E-state index in [4.69, 9.17) is 16.9 Å². The molecule has 0 aliphatic heterocycles. The number of hydrogen-bond acceptors (Lipinski definition) is 2. The van der Waals surface area contributed by atoms with Crippen LogP contribution < -0.4 is 5.32 Å². The first-order valence-corrected chi connectivity index (χ1v) is 7.62. The van der Waals surface area contributed by atoms with E-state index in [-0.39, 0.29) is 0 Å². The molecule has 2 aromatic rings. The first kappa shape index (κ1) is 14.0. The van der Waals surface area contributed by atoms with E-state index in [0.29, 0.717) is 18.4 Å². The van der Waals surface area contributed by atoms with Crippen molar-refractivity contribution in [3.05, 3.63) is 64.7 Å². The Morgan fingerprint density at radius 3 is 2.33 bits per heavy atom. The Bertz CT molecular complexity index is 636. The predicted octanol–water partition coefficient (Wildman–Crippen LogP) is 4.97. The maximum Gasteiger partial charge on any atom is 0.0669 e. The number of rotatable bonds is 5. The summed E-state index contributed by atoms with van der Waals surface area (Å²) in [5.74, 6) is 0.699. The predicted molar refractivity (Wildman–Crippen MR) is 86.3 cm³/mol. The number of nitrogens with one attached hydrogen (secondary N) is 1. The van der Waals surface area contributed by atoms with Gasteiger partial charge in [0.1, 0.15) is 0 Å². The van der Waals surface area contributed by atoms with Crippen LogP contribution in [0, 0.1) is 17.2 Å². The molecule has 0 radical (unpaired) electrons. The average Bonchev–Trinajstić information content (AvgIpc) is 3.33. The summed E-state index contributed by atoms with van der Waals surface area (Å²) >= 11 is 5.97. The molecule has 1 saturated carbocycles. The molecular formula is C18H17ClN2. The molecule has 21 heavy (non-hydrogen) atoms. The Morgan fingerprint density at radius 2 is 1.76 bits per heavy atom. The molecule has 1 aliphatic carbocycles. The Balaban J connectivity index is 1.76. The largest absolute Gasteiger partial charge is 0.378 e. The minimum absolute atomic E-state index is 0.337. The SMILES string of the molecule is N#CCc1ccc(NC(c2ccc(Cl)cc2)C2CC2)cc1. The lowest BCUT2D eigenvalue weighted by molar-refractivity contribution is 0.679. The van der Waals surface area contributed by atoms with Gasteiger partial charge in [0.15, 0.2) is 0 Å². The molecule has 3 heteroatoms. The lowest BCUT2D eigenvalue weighted by Gasteiger charge is -2.20. The number of nitrogens with zero attached hydrogens (tertiary/aromatic N) is 1. The fourth-order valence-electron chi connectivity index (χ4n) is 2.56. The molecule has 2 aromatic carbocycles. The van der Waals surface area contributed by atoms with Crippen LogP contribution in [0.25, 0.3) is 0 Å². The van der Waals surface area contributed by atoms with E-state index < -0.39 is 0 Å². The van der Waals surface area contributed by atoms with Gasteiger partial charge in [0.05, 0.1) is 18.5 Å². The normalized spacial score (nSPS) is 15.2. The summed E-state index contributed by atoms with van der Waals surface area (Å²) in [6.45, 7) is 0. The van der Waals surface area contributed by atoms with Gasteiger partial charge in [-0.05, 0) is 54.2 Å². The zero-order chi connectivity index (χ0) is 14.7. The Morgan fingerprint density at radius 1 is 1.10 bits per heavy atom. The van der Waals surface area contributed by atoms with Crippen LogP contribution in [0.3, 0.4) is 0 Å². The van der Waals surface area contributed by atoms with Gasteiger partial charge in [0, 0.05) is 10.7 Å². The molecule has 0 aromatic heterocycles. The van der Waals surface area contributed by atoms with Gasteiger partial charge in [-0.15, -0.1) is 0 Å². The van der Waals surface area contributed by atoms with E-state index >= 15 is 0 Å². The smallest absolute Gasteiger partial charge is 0.0669 e. The molecule has 1 unspecified atom stereocenters. The van der Waals surface area contributed by atoms with Crippen LogP contribution >= 0.6 is 11.6 Å². The molecule has 2 nitrogen and oxygen atoms in total. The van der Waals surface area contributed by atoms with Crippen molar-refractivity contribution in [2.24, 2.45) is 5.92 Å². The van der Waals surface area contributed by atoms with Gasteiger partial charge in [-0.25, -0.2) is 0 Å². The highest BCUT2D eigenvalue weighted by Gasteiger charge is 2.32. The highest BCUT2D eigenvalue weighted by molar-refractivity contribution is 6.30. The van der Waals surface area contributed by atoms with Crippen molar-refractivity contribution in [3.63, 3.8) is 0 Å². The molecule has 0 amide bonds. The van der Waals surface area contributed by atoms with Crippen LogP contribution in [0.4, 0.5) is 5.69 Å². The second kappa shape index (κ2) is 6.20. The van der Waals surface area contributed by atoms with E-state index in [0.717, 1.165) is 16.3 Å². The summed E-state index contributed by atoms with van der Waals surface area (Å²) in [6, 6.07) is 18.7. The monoisotopic (exact) mass is 296 g/mol. The first-order valence-electron chi connectivity index (χ1n) is 7.24. The van der Waals surface area contributed by atoms with Gasteiger partial charge >= 0.3 is 0 Å². The van der Waals surface area contributed by atoms with Crippen LogP contribution in [0.1, 0.15) is 30.0 Å². The van der Waals surface area contributed by atoms with Gasteiger partial charge in [-0.3, -0.25) is 0 Å². The summed E-state index contributed by atoms with van der Waals surface area (Å²) in [7, 11) is 0. The second-order valence-corrected chi connectivity index (χ2v) is 5.98. The minimum atomic E-state index is 0.337. The number of benzene rings is 2.